The summed E-state index contributed by atoms with van der Waals surface area (Å²) < 4.78 is 11.2. The Bertz CT molecular complexity index is 2150. The summed E-state index contributed by atoms with van der Waals surface area (Å²) in [4.78, 5) is 33.0. The Hall–Kier alpha value is -6.06. The Labute approximate surface area is 352 Å². The van der Waals surface area contributed by atoms with Gasteiger partial charge in [0.25, 0.3) is 5.91 Å². The molecule has 0 spiro atoms. The molecule has 2 heterocycles. The van der Waals surface area contributed by atoms with Crippen LogP contribution in [-0.2, 0) is 9.48 Å². The lowest BCUT2D eigenvalue weighted by Crippen LogP contribution is -2.51. The first-order valence-electron chi connectivity index (χ1n) is 20.1. The van der Waals surface area contributed by atoms with E-state index in [4.69, 9.17) is 9.47 Å². The molecule has 1 aliphatic rings. The van der Waals surface area contributed by atoms with E-state index < -0.39 is 22.5 Å². The van der Waals surface area contributed by atoms with E-state index in [9.17, 15) is 10.0 Å². The van der Waals surface area contributed by atoms with Crippen molar-refractivity contribution < 1.29 is 23.8 Å². The molecule has 5 aromatic carbocycles. The number of aromatic nitrogens is 1. The van der Waals surface area contributed by atoms with Crippen molar-refractivity contribution in [2.45, 2.75) is 54.7 Å². The number of methoxy groups -OCH3 is 1. The van der Waals surface area contributed by atoms with Gasteiger partial charge in [-0.3, -0.25) is 4.79 Å². The molecule has 2 atom stereocenters. The first kappa shape index (κ1) is 41.1. The van der Waals surface area contributed by atoms with Crippen LogP contribution in [0.15, 0.2) is 170 Å². The van der Waals surface area contributed by atoms with Gasteiger partial charge >= 0.3 is 12.0 Å². The third-order valence-corrected chi connectivity index (χ3v) is 12.7. The predicted molar refractivity (Wildman–Crippen MR) is 235 cm³/mol. The monoisotopic (exact) mass is 805 g/mol. The van der Waals surface area contributed by atoms with Crippen LogP contribution in [0.4, 0.5) is 4.79 Å². The maximum Gasteiger partial charge on any atom is 0.410 e. The molecule has 0 unspecified atom stereocenters. The lowest BCUT2D eigenvalue weighted by molar-refractivity contribution is -0.612. The van der Waals surface area contributed by atoms with Crippen molar-refractivity contribution >= 4 is 23.8 Å². The molecule has 9 heteroatoms. The maximum atomic E-state index is 15.0. The Morgan fingerprint density at radius 3 is 1.66 bits per heavy atom. The van der Waals surface area contributed by atoms with Crippen molar-refractivity contribution in [1.29, 1.82) is 0 Å². The molecule has 0 N–H and O–H groups in total. The van der Waals surface area contributed by atoms with E-state index in [1.165, 1.54) is 19.4 Å². The highest BCUT2D eigenvalue weighted by atomic mass is 32.2. The third kappa shape index (κ3) is 9.31. The summed E-state index contributed by atoms with van der Waals surface area (Å²) in [5.74, 6) is -0.449. The molecule has 59 heavy (non-hydrogen) atoms. The average Bonchev–Trinajstić information content (AvgIpc) is 3.66. The van der Waals surface area contributed by atoms with E-state index in [1.54, 1.807) is 6.07 Å². The summed E-state index contributed by atoms with van der Waals surface area (Å²) in [5.41, 5.74) is 4.90. The number of carbonyl (C=O) groups is 2. The van der Waals surface area contributed by atoms with Crippen LogP contribution < -0.4 is 9.47 Å². The zero-order valence-corrected chi connectivity index (χ0v) is 34.8. The van der Waals surface area contributed by atoms with Crippen LogP contribution in [0.2, 0.25) is 0 Å². The molecular formula is C50H51N3O5S. The number of amides is 2. The number of nitrogens with zero attached hydrogens (tertiary/aromatic N) is 3. The molecule has 0 bridgehead atoms. The maximum absolute atomic E-state index is 15.0. The minimum Gasteiger partial charge on any atom is -0.616 e. The molecule has 7 rings (SSSR count). The predicted octanol–water partition coefficient (Wildman–Crippen LogP) is 9.71. The van der Waals surface area contributed by atoms with Gasteiger partial charge < -0.3 is 24.5 Å². The van der Waals surface area contributed by atoms with Gasteiger partial charge in [-0.2, -0.15) is 0 Å². The number of thioether (sulfide) groups is 1. The highest BCUT2D eigenvalue weighted by Gasteiger charge is 2.47. The minimum absolute atomic E-state index is 0.0852. The van der Waals surface area contributed by atoms with Gasteiger partial charge in [0.15, 0.2) is 6.20 Å². The van der Waals surface area contributed by atoms with Gasteiger partial charge in [0.2, 0.25) is 0 Å². The largest absolute Gasteiger partial charge is 0.616 e. The lowest BCUT2D eigenvalue weighted by atomic mass is 9.84. The zero-order chi connectivity index (χ0) is 41.4. The fourth-order valence-corrected chi connectivity index (χ4v) is 9.95. The van der Waals surface area contributed by atoms with Crippen LogP contribution in [0.5, 0.6) is 5.88 Å². The molecule has 8 nitrogen and oxygen atoms in total. The summed E-state index contributed by atoms with van der Waals surface area (Å²) in [7, 11) is 1.42. The summed E-state index contributed by atoms with van der Waals surface area (Å²) >= 11 is 1.82. The van der Waals surface area contributed by atoms with Crippen molar-refractivity contribution in [2.75, 3.05) is 26.7 Å². The van der Waals surface area contributed by atoms with Gasteiger partial charge in [-0.25, -0.2) is 4.79 Å². The molecule has 0 radical (unpaired) electrons. The minimum atomic E-state index is -0.735. The topological polar surface area (TPSA) is 86.0 Å². The van der Waals surface area contributed by atoms with Crippen LogP contribution >= 0.6 is 11.8 Å². The number of rotatable bonds is 13. The molecule has 0 aliphatic carbocycles. The van der Waals surface area contributed by atoms with Gasteiger partial charge in [-0.1, -0.05) is 152 Å². The molecule has 1 saturated heterocycles. The van der Waals surface area contributed by atoms with E-state index in [0.717, 1.165) is 27.8 Å². The van der Waals surface area contributed by atoms with Crippen LogP contribution in [0.3, 0.4) is 0 Å². The second-order valence-electron chi connectivity index (χ2n) is 15.8. The van der Waals surface area contributed by atoms with Gasteiger partial charge in [0, 0.05) is 30.8 Å². The van der Waals surface area contributed by atoms with Crippen molar-refractivity contribution in [2.24, 2.45) is 0 Å². The SMILES string of the molecule is COc1ccc(C(=O)N(CC(c2ccccc2)c2ccccc2)C[C@@H]2[C@H](SC(c3ccccc3)(c3ccccc3)c3ccccc3)CCN2C(=O)OC(C)(C)C)c[n+]1[O-]. The second-order valence-corrected chi connectivity index (χ2v) is 17.3. The molecular weight excluding hydrogens is 755 g/mol. The molecule has 6 aromatic rings. The molecule has 1 aromatic heterocycles. The number of hydrogen-bond donors (Lipinski definition) is 0. The Balaban J connectivity index is 1.37. The second kappa shape index (κ2) is 18.2. The summed E-state index contributed by atoms with van der Waals surface area (Å²) in [5, 5.41) is 12.9. The number of likely N-dealkylation sites (tertiary alicyclic amines) is 1. The van der Waals surface area contributed by atoms with Crippen molar-refractivity contribution in [3.63, 3.8) is 0 Å². The van der Waals surface area contributed by atoms with Crippen molar-refractivity contribution in [1.82, 2.24) is 9.80 Å². The van der Waals surface area contributed by atoms with Crippen LogP contribution in [0, 0.1) is 5.21 Å². The molecule has 0 saturated carbocycles. The van der Waals surface area contributed by atoms with Crippen LogP contribution in [0.1, 0.15) is 71.3 Å². The number of benzene rings is 5. The number of pyridine rings is 1. The van der Waals surface area contributed by atoms with Crippen LogP contribution in [-0.4, -0.2) is 65.4 Å². The lowest BCUT2D eigenvalue weighted by Gasteiger charge is -2.41. The van der Waals surface area contributed by atoms with Crippen LogP contribution in [0.25, 0.3) is 0 Å². The quantitative estimate of drug-likeness (QED) is 0.0657. The highest BCUT2D eigenvalue weighted by Crippen LogP contribution is 2.53. The first-order chi connectivity index (χ1) is 28.6. The summed E-state index contributed by atoms with van der Waals surface area (Å²) in [6.07, 6.45) is 1.51. The van der Waals surface area contributed by atoms with E-state index in [-0.39, 0.29) is 41.6 Å². The number of hydrogen-bond acceptors (Lipinski definition) is 6. The van der Waals surface area contributed by atoms with Gasteiger partial charge in [0.1, 0.15) is 11.2 Å². The van der Waals surface area contributed by atoms with Crippen molar-refractivity contribution in [3.8, 4) is 5.88 Å². The van der Waals surface area contributed by atoms with Crippen molar-refractivity contribution in [3.05, 3.63) is 209 Å². The van der Waals surface area contributed by atoms with E-state index in [1.807, 2.05) is 96.9 Å². The average molecular weight is 806 g/mol. The molecule has 1 aliphatic heterocycles. The summed E-state index contributed by atoms with van der Waals surface area (Å²) in [6, 6.07) is 54.5. The van der Waals surface area contributed by atoms with Gasteiger partial charge in [0.05, 0.1) is 24.0 Å². The van der Waals surface area contributed by atoms with E-state index in [2.05, 4.69) is 97.1 Å². The van der Waals surface area contributed by atoms with E-state index in [0.29, 0.717) is 17.7 Å². The Kier molecular flexibility index (Phi) is 12.7. The Morgan fingerprint density at radius 2 is 1.22 bits per heavy atom. The smallest absolute Gasteiger partial charge is 0.410 e. The standard InChI is InChI=1S/C50H51N3O5S/c1-49(2,3)58-48(55)52-33-32-45(59-50(40-24-14-7-15-25-40,41-26-16-8-17-27-41)42-28-18-9-19-29-42)44(52)36-51(47(54)39-30-31-46(57-4)53(56)34-39)35-43(37-20-10-5-11-21-37)38-22-12-6-13-23-38/h5-31,34,43-45H,32-33,35-36H2,1-4H3/t44-,45-/m1/s1. The zero-order valence-electron chi connectivity index (χ0n) is 34.0. The first-order valence-corrected chi connectivity index (χ1v) is 21.0. The van der Waals surface area contributed by atoms with Gasteiger partial charge in [-0.15, -0.1) is 16.5 Å². The molecule has 2 amide bonds. The molecule has 302 valence electrons. The summed E-state index contributed by atoms with van der Waals surface area (Å²) in [6.45, 7) is 6.53. The Morgan fingerprint density at radius 1 is 0.746 bits per heavy atom. The number of carbonyl (C=O) groups excluding carboxylic acids is 2. The third-order valence-electron chi connectivity index (χ3n) is 10.8. The molecule has 1 fully saturated rings. The fourth-order valence-electron chi connectivity index (χ4n) is 8.07. The van der Waals surface area contributed by atoms with E-state index >= 15 is 4.79 Å². The normalized spacial score (nSPS) is 15.5. The number of ether oxygens (including phenoxy) is 2. The fraction of sp³-hybridized carbons (Fsp3) is 0.260. The highest BCUT2D eigenvalue weighted by molar-refractivity contribution is 8.01. The van der Waals surface area contributed by atoms with Gasteiger partial charge in [-0.05, 0) is 61.1 Å².